The van der Waals surface area contributed by atoms with Gasteiger partial charge in [0.15, 0.2) is 0 Å². The van der Waals surface area contributed by atoms with Crippen molar-refractivity contribution in [3.8, 4) is 0 Å². The van der Waals surface area contributed by atoms with Crippen LogP contribution in [0.2, 0.25) is 0 Å². The maximum absolute atomic E-state index is 12.1. The van der Waals surface area contributed by atoms with Crippen molar-refractivity contribution in [1.82, 2.24) is 15.2 Å². The predicted molar refractivity (Wildman–Crippen MR) is 78.5 cm³/mol. The standard InChI is InChI=1S/C14H24N4O/c1-5-18(6-2)10-11(3)17-14(19)12-7-8-16-13(9-12)15-4/h7-9,11H,5-6,10H2,1-4H3,(H,15,16)(H,17,19). The quantitative estimate of drug-likeness (QED) is 0.785. The molecule has 19 heavy (non-hydrogen) atoms. The van der Waals surface area contributed by atoms with Crippen LogP contribution in [0.15, 0.2) is 18.3 Å². The Bertz CT molecular complexity index is 404. The van der Waals surface area contributed by atoms with Gasteiger partial charge in [-0.15, -0.1) is 0 Å². The summed E-state index contributed by atoms with van der Waals surface area (Å²) >= 11 is 0. The first-order chi connectivity index (χ1) is 9.10. The van der Waals surface area contributed by atoms with Gasteiger partial charge in [0, 0.05) is 31.4 Å². The molecule has 0 aliphatic rings. The Morgan fingerprint density at radius 3 is 2.68 bits per heavy atom. The minimum Gasteiger partial charge on any atom is -0.373 e. The molecule has 0 bridgehead atoms. The highest BCUT2D eigenvalue weighted by Gasteiger charge is 2.12. The normalized spacial score (nSPS) is 12.3. The van der Waals surface area contributed by atoms with Crippen molar-refractivity contribution in [1.29, 1.82) is 0 Å². The third-order valence-corrected chi connectivity index (χ3v) is 3.08. The van der Waals surface area contributed by atoms with Crippen LogP contribution in [-0.4, -0.2) is 48.5 Å². The summed E-state index contributed by atoms with van der Waals surface area (Å²) in [6.45, 7) is 9.13. The number of anilines is 1. The Kier molecular flexibility index (Phi) is 6.29. The number of rotatable bonds is 7. The van der Waals surface area contributed by atoms with E-state index >= 15 is 0 Å². The molecule has 0 aliphatic carbocycles. The number of aromatic nitrogens is 1. The molecule has 0 fully saturated rings. The summed E-state index contributed by atoms with van der Waals surface area (Å²) in [6.07, 6.45) is 1.63. The van der Waals surface area contributed by atoms with Crippen molar-refractivity contribution in [2.24, 2.45) is 0 Å². The van der Waals surface area contributed by atoms with Crippen LogP contribution in [0.5, 0.6) is 0 Å². The molecule has 1 heterocycles. The van der Waals surface area contributed by atoms with E-state index in [1.807, 2.05) is 6.92 Å². The number of carbonyl (C=O) groups excluding carboxylic acids is 1. The summed E-state index contributed by atoms with van der Waals surface area (Å²) in [5, 5.41) is 5.94. The molecular formula is C14H24N4O. The van der Waals surface area contributed by atoms with Gasteiger partial charge in [-0.2, -0.15) is 0 Å². The molecule has 106 valence electrons. The van der Waals surface area contributed by atoms with Crippen molar-refractivity contribution >= 4 is 11.7 Å². The van der Waals surface area contributed by atoms with Gasteiger partial charge in [0.1, 0.15) is 5.82 Å². The molecule has 1 unspecified atom stereocenters. The Morgan fingerprint density at radius 2 is 2.11 bits per heavy atom. The van der Waals surface area contributed by atoms with Crippen LogP contribution in [0, 0.1) is 0 Å². The monoisotopic (exact) mass is 264 g/mol. The molecule has 0 saturated carbocycles. The fraction of sp³-hybridized carbons (Fsp3) is 0.571. The van der Waals surface area contributed by atoms with Gasteiger partial charge in [-0.3, -0.25) is 4.79 Å². The summed E-state index contributed by atoms with van der Waals surface area (Å²) in [6, 6.07) is 3.60. The lowest BCUT2D eigenvalue weighted by Crippen LogP contribution is -2.41. The number of hydrogen-bond donors (Lipinski definition) is 2. The van der Waals surface area contributed by atoms with E-state index in [1.54, 1.807) is 25.4 Å². The number of nitrogens with one attached hydrogen (secondary N) is 2. The topological polar surface area (TPSA) is 57.3 Å². The van der Waals surface area contributed by atoms with E-state index in [0.29, 0.717) is 11.4 Å². The second-order valence-electron chi connectivity index (χ2n) is 4.54. The zero-order valence-corrected chi connectivity index (χ0v) is 12.2. The number of hydrogen-bond acceptors (Lipinski definition) is 4. The van der Waals surface area contributed by atoms with Gasteiger partial charge in [-0.05, 0) is 32.1 Å². The SMILES string of the molecule is CCN(CC)CC(C)NC(=O)c1ccnc(NC)c1. The van der Waals surface area contributed by atoms with E-state index in [2.05, 4.69) is 34.4 Å². The molecular weight excluding hydrogens is 240 g/mol. The zero-order chi connectivity index (χ0) is 14.3. The molecule has 0 aromatic carbocycles. The van der Waals surface area contributed by atoms with Crippen molar-refractivity contribution < 1.29 is 4.79 Å². The van der Waals surface area contributed by atoms with Gasteiger partial charge in [0.25, 0.3) is 5.91 Å². The summed E-state index contributed by atoms with van der Waals surface area (Å²) in [5.41, 5.74) is 0.630. The van der Waals surface area contributed by atoms with Crippen molar-refractivity contribution in [2.45, 2.75) is 26.8 Å². The average Bonchev–Trinajstić information content (AvgIpc) is 2.44. The number of carbonyl (C=O) groups is 1. The summed E-state index contributed by atoms with van der Waals surface area (Å²) in [7, 11) is 1.78. The number of nitrogens with zero attached hydrogens (tertiary/aromatic N) is 2. The molecule has 1 rings (SSSR count). The number of likely N-dealkylation sites (N-methyl/N-ethyl adjacent to an activating group) is 1. The second-order valence-corrected chi connectivity index (χ2v) is 4.54. The molecule has 1 aromatic heterocycles. The maximum Gasteiger partial charge on any atom is 0.251 e. The lowest BCUT2D eigenvalue weighted by molar-refractivity contribution is 0.0930. The van der Waals surface area contributed by atoms with Crippen LogP contribution in [0.1, 0.15) is 31.1 Å². The van der Waals surface area contributed by atoms with E-state index in [0.717, 1.165) is 19.6 Å². The van der Waals surface area contributed by atoms with Crippen molar-refractivity contribution in [3.63, 3.8) is 0 Å². The Hall–Kier alpha value is -1.62. The van der Waals surface area contributed by atoms with Crippen LogP contribution in [-0.2, 0) is 0 Å². The smallest absolute Gasteiger partial charge is 0.251 e. The van der Waals surface area contributed by atoms with Crippen LogP contribution < -0.4 is 10.6 Å². The summed E-state index contributed by atoms with van der Waals surface area (Å²) in [4.78, 5) is 18.5. The first-order valence-corrected chi connectivity index (χ1v) is 6.77. The van der Waals surface area contributed by atoms with Gasteiger partial charge in [-0.1, -0.05) is 13.8 Å². The van der Waals surface area contributed by atoms with Crippen LogP contribution in [0.3, 0.4) is 0 Å². The lowest BCUT2D eigenvalue weighted by atomic mass is 10.2. The largest absolute Gasteiger partial charge is 0.373 e. The molecule has 0 aliphatic heterocycles. The van der Waals surface area contributed by atoms with E-state index < -0.39 is 0 Å². The fourth-order valence-corrected chi connectivity index (χ4v) is 1.93. The van der Waals surface area contributed by atoms with Crippen LogP contribution in [0.4, 0.5) is 5.82 Å². The molecule has 1 amide bonds. The molecule has 0 spiro atoms. The molecule has 1 aromatic rings. The predicted octanol–water partition coefficient (Wildman–Crippen LogP) is 1.58. The Morgan fingerprint density at radius 1 is 1.42 bits per heavy atom. The highest BCUT2D eigenvalue weighted by atomic mass is 16.1. The zero-order valence-electron chi connectivity index (χ0n) is 12.2. The third kappa shape index (κ3) is 4.87. The molecule has 5 nitrogen and oxygen atoms in total. The third-order valence-electron chi connectivity index (χ3n) is 3.08. The highest BCUT2D eigenvalue weighted by molar-refractivity contribution is 5.94. The van der Waals surface area contributed by atoms with Gasteiger partial charge >= 0.3 is 0 Å². The van der Waals surface area contributed by atoms with Gasteiger partial charge in [-0.25, -0.2) is 4.98 Å². The van der Waals surface area contributed by atoms with E-state index in [4.69, 9.17) is 0 Å². The lowest BCUT2D eigenvalue weighted by Gasteiger charge is -2.23. The average molecular weight is 264 g/mol. The molecule has 5 heteroatoms. The maximum atomic E-state index is 12.1. The molecule has 2 N–H and O–H groups in total. The second kappa shape index (κ2) is 7.74. The van der Waals surface area contributed by atoms with E-state index in [9.17, 15) is 4.79 Å². The molecule has 0 saturated heterocycles. The highest BCUT2D eigenvalue weighted by Crippen LogP contribution is 2.06. The van der Waals surface area contributed by atoms with Crippen molar-refractivity contribution in [2.75, 3.05) is 32.0 Å². The van der Waals surface area contributed by atoms with Gasteiger partial charge in [0.05, 0.1) is 0 Å². The van der Waals surface area contributed by atoms with E-state index in [-0.39, 0.29) is 11.9 Å². The minimum atomic E-state index is -0.0569. The summed E-state index contributed by atoms with van der Waals surface area (Å²) < 4.78 is 0. The van der Waals surface area contributed by atoms with Crippen molar-refractivity contribution in [3.05, 3.63) is 23.9 Å². The summed E-state index contributed by atoms with van der Waals surface area (Å²) in [5.74, 6) is 0.641. The Labute approximate surface area is 115 Å². The molecule has 1 atom stereocenters. The minimum absolute atomic E-state index is 0.0569. The van der Waals surface area contributed by atoms with E-state index in [1.165, 1.54) is 0 Å². The molecule has 0 radical (unpaired) electrons. The van der Waals surface area contributed by atoms with Gasteiger partial charge < -0.3 is 15.5 Å². The fourth-order valence-electron chi connectivity index (χ4n) is 1.93. The van der Waals surface area contributed by atoms with Gasteiger partial charge in [0.2, 0.25) is 0 Å². The van der Waals surface area contributed by atoms with Crippen LogP contribution >= 0.6 is 0 Å². The van der Waals surface area contributed by atoms with Crippen LogP contribution in [0.25, 0.3) is 0 Å². The number of amides is 1. The first kappa shape index (κ1) is 15.4. The first-order valence-electron chi connectivity index (χ1n) is 6.77. The Balaban J connectivity index is 2.58. The number of pyridine rings is 1.